The highest BCUT2D eigenvalue weighted by atomic mass is 16.6. The molecule has 1 aromatic carbocycles. The number of ether oxygens (including phenoxy) is 1. The molecule has 1 aliphatic heterocycles. The van der Waals surface area contributed by atoms with E-state index in [1.165, 1.54) is 0 Å². The summed E-state index contributed by atoms with van der Waals surface area (Å²) in [5.41, 5.74) is 4.10. The Labute approximate surface area is 160 Å². The Bertz CT molecular complexity index is 924. The maximum atomic E-state index is 12.1. The Balaban J connectivity index is 1.88. The SMILES string of the molecule is Cc1cc(C)c2ncc(C#N)c(N3CC[C@@H](NC(=O)OC(C)(C)C)C3)c2c1. The summed E-state index contributed by atoms with van der Waals surface area (Å²) in [6.45, 7) is 11.0. The number of fused-ring (bicyclic) bond motifs is 1. The second-order valence-electron chi connectivity index (χ2n) is 8.19. The first-order valence-corrected chi connectivity index (χ1v) is 9.22. The third-order valence-corrected chi connectivity index (χ3v) is 4.62. The van der Waals surface area contributed by atoms with Gasteiger partial charge in [-0.15, -0.1) is 0 Å². The topological polar surface area (TPSA) is 78.3 Å². The third-order valence-electron chi connectivity index (χ3n) is 4.62. The summed E-state index contributed by atoms with van der Waals surface area (Å²) in [4.78, 5) is 18.7. The van der Waals surface area contributed by atoms with Crippen molar-refractivity contribution in [3.8, 4) is 6.07 Å². The van der Waals surface area contributed by atoms with E-state index < -0.39 is 11.7 Å². The predicted molar refractivity (Wildman–Crippen MR) is 106 cm³/mol. The fraction of sp³-hybridized carbons (Fsp3) is 0.476. The predicted octanol–water partition coefficient (Wildman–Crippen LogP) is 3.83. The first-order valence-electron chi connectivity index (χ1n) is 9.22. The molecule has 0 spiro atoms. The molecule has 1 fully saturated rings. The zero-order valence-corrected chi connectivity index (χ0v) is 16.6. The number of benzene rings is 1. The number of pyridine rings is 1. The molecule has 1 atom stereocenters. The van der Waals surface area contributed by atoms with E-state index in [1.807, 2.05) is 34.6 Å². The van der Waals surface area contributed by atoms with E-state index in [-0.39, 0.29) is 6.04 Å². The highest BCUT2D eigenvalue weighted by Crippen LogP contribution is 2.33. The first kappa shape index (κ1) is 19.0. The zero-order valence-electron chi connectivity index (χ0n) is 16.6. The normalized spacial score (nSPS) is 17.0. The number of nitrogens with zero attached hydrogens (tertiary/aromatic N) is 3. The lowest BCUT2D eigenvalue weighted by Crippen LogP contribution is -2.40. The number of alkyl carbamates (subject to hydrolysis) is 1. The molecule has 1 amide bonds. The molecule has 1 N–H and O–H groups in total. The Kier molecular flexibility index (Phi) is 4.97. The van der Waals surface area contributed by atoms with Gasteiger partial charge < -0.3 is 15.0 Å². The van der Waals surface area contributed by atoms with E-state index >= 15 is 0 Å². The molecule has 6 nitrogen and oxygen atoms in total. The largest absolute Gasteiger partial charge is 0.444 e. The maximum Gasteiger partial charge on any atom is 0.407 e. The van der Waals surface area contributed by atoms with E-state index in [4.69, 9.17) is 4.74 Å². The summed E-state index contributed by atoms with van der Waals surface area (Å²) in [7, 11) is 0. The number of aryl methyl sites for hydroxylation is 2. The summed E-state index contributed by atoms with van der Waals surface area (Å²) in [6, 6.07) is 6.44. The minimum Gasteiger partial charge on any atom is -0.444 e. The van der Waals surface area contributed by atoms with E-state index in [0.29, 0.717) is 12.1 Å². The molecule has 0 saturated carbocycles. The molecule has 0 radical (unpaired) electrons. The van der Waals surface area contributed by atoms with Crippen molar-refractivity contribution in [2.45, 2.75) is 52.7 Å². The van der Waals surface area contributed by atoms with E-state index in [9.17, 15) is 10.1 Å². The van der Waals surface area contributed by atoms with Gasteiger partial charge in [-0.1, -0.05) is 11.6 Å². The van der Waals surface area contributed by atoms with Crippen LogP contribution in [0.2, 0.25) is 0 Å². The molecule has 27 heavy (non-hydrogen) atoms. The van der Waals surface area contributed by atoms with Crippen molar-refractivity contribution in [2.24, 2.45) is 0 Å². The van der Waals surface area contributed by atoms with Gasteiger partial charge in [0.25, 0.3) is 0 Å². The summed E-state index contributed by atoms with van der Waals surface area (Å²) in [5.74, 6) is 0. The summed E-state index contributed by atoms with van der Waals surface area (Å²) in [6.07, 6.45) is 2.05. The van der Waals surface area contributed by atoms with Gasteiger partial charge in [0.2, 0.25) is 0 Å². The average Bonchev–Trinajstić information content (AvgIpc) is 2.99. The molecule has 142 valence electrons. The van der Waals surface area contributed by atoms with Crippen molar-refractivity contribution in [1.82, 2.24) is 10.3 Å². The number of anilines is 1. The van der Waals surface area contributed by atoms with Crippen LogP contribution in [0.4, 0.5) is 10.5 Å². The molecule has 1 aliphatic rings. The Morgan fingerprint density at radius 1 is 1.37 bits per heavy atom. The Morgan fingerprint density at radius 3 is 2.78 bits per heavy atom. The van der Waals surface area contributed by atoms with Crippen LogP contribution in [0.25, 0.3) is 10.9 Å². The van der Waals surface area contributed by atoms with Gasteiger partial charge in [0, 0.05) is 24.7 Å². The molecule has 0 unspecified atom stereocenters. The number of nitriles is 1. The lowest BCUT2D eigenvalue weighted by atomic mass is 10.0. The highest BCUT2D eigenvalue weighted by Gasteiger charge is 2.28. The van der Waals surface area contributed by atoms with Crippen LogP contribution in [0.3, 0.4) is 0 Å². The fourth-order valence-corrected chi connectivity index (χ4v) is 3.63. The number of carbonyl (C=O) groups is 1. The van der Waals surface area contributed by atoms with Gasteiger partial charge in [0.1, 0.15) is 11.7 Å². The maximum absolute atomic E-state index is 12.1. The smallest absolute Gasteiger partial charge is 0.407 e. The number of aromatic nitrogens is 1. The molecular weight excluding hydrogens is 340 g/mol. The van der Waals surface area contributed by atoms with Crippen molar-refractivity contribution in [2.75, 3.05) is 18.0 Å². The summed E-state index contributed by atoms with van der Waals surface area (Å²) < 4.78 is 5.36. The van der Waals surface area contributed by atoms with Crippen LogP contribution in [0.5, 0.6) is 0 Å². The number of amides is 1. The average molecular weight is 366 g/mol. The minimum atomic E-state index is -0.521. The van der Waals surface area contributed by atoms with Crippen LogP contribution in [0.1, 0.15) is 43.9 Å². The monoisotopic (exact) mass is 366 g/mol. The summed E-state index contributed by atoms with van der Waals surface area (Å²) >= 11 is 0. The van der Waals surface area contributed by atoms with Gasteiger partial charge in [-0.3, -0.25) is 4.98 Å². The molecule has 2 heterocycles. The van der Waals surface area contributed by atoms with Gasteiger partial charge in [0.15, 0.2) is 0 Å². The molecule has 3 rings (SSSR count). The van der Waals surface area contributed by atoms with Crippen molar-refractivity contribution >= 4 is 22.7 Å². The van der Waals surface area contributed by atoms with Crippen LogP contribution in [0.15, 0.2) is 18.3 Å². The summed E-state index contributed by atoms with van der Waals surface area (Å²) in [5, 5.41) is 13.5. The standard InChI is InChI=1S/C21H26N4O2/c1-13-8-14(2)18-17(9-13)19(15(10-22)11-23-18)25-7-6-16(12-25)24-20(26)27-21(3,4)5/h8-9,11,16H,6-7,12H2,1-5H3,(H,24,26)/t16-/m1/s1. The van der Waals surface area contributed by atoms with Crippen molar-refractivity contribution in [3.05, 3.63) is 35.0 Å². The molecule has 6 heteroatoms. The van der Waals surface area contributed by atoms with Gasteiger partial charge in [-0.2, -0.15) is 5.26 Å². The lowest BCUT2D eigenvalue weighted by molar-refractivity contribution is 0.0509. The molecule has 0 bridgehead atoms. The van der Waals surface area contributed by atoms with Gasteiger partial charge in [-0.25, -0.2) is 4.79 Å². The van der Waals surface area contributed by atoms with Gasteiger partial charge in [0.05, 0.1) is 22.8 Å². The zero-order chi connectivity index (χ0) is 19.8. The lowest BCUT2D eigenvalue weighted by Gasteiger charge is -2.24. The Hall–Kier alpha value is -2.81. The van der Waals surface area contributed by atoms with E-state index in [2.05, 4.69) is 33.4 Å². The quantitative estimate of drug-likeness (QED) is 0.874. The van der Waals surface area contributed by atoms with Gasteiger partial charge in [-0.05, 0) is 52.7 Å². The van der Waals surface area contributed by atoms with Crippen LogP contribution >= 0.6 is 0 Å². The van der Waals surface area contributed by atoms with Crippen LogP contribution in [0, 0.1) is 25.2 Å². The first-order chi connectivity index (χ1) is 12.7. The number of nitrogens with one attached hydrogen (secondary N) is 1. The second-order valence-corrected chi connectivity index (χ2v) is 8.19. The van der Waals surface area contributed by atoms with Crippen molar-refractivity contribution in [3.63, 3.8) is 0 Å². The number of rotatable bonds is 2. The van der Waals surface area contributed by atoms with Crippen LogP contribution < -0.4 is 10.2 Å². The van der Waals surface area contributed by atoms with E-state index in [0.717, 1.165) is 40.7 Å². The fourth-order valence-electron chi connectivity index (χ4n) is 3.63. The molecule has 0 aliphatic carbocycles. The van der Waals surface area contributed by atoms with Crippen LogP contribution in [-0.4, -0.2) is 35.8 Å². The second kappa shape index (κ2) is 7.07. The third kappa shape index (κ3) is 4.13. The van der Waals surface area contributed by atoms with Crippen molar-refractivity contribution < 1.29 is 9.53 Å². The van der Waals surface area contributed by atoms with Gasteiger partial charge >= 0.3 is 6.09 Å². The molecular formula is C21H26N4O2. The molecule has 2 aromatic rings. The molecule has 1 aromatic heterocycles. The minimum absolute atomic E-state index is 0.0134. The Morgan fingerprint density at radius 2 is 2.11 bits per heavy atom. The molecule has 1 saturated heterocycles. The highest BCUT2D eigenvalue weighted by molar-refractivity contribution is 5.96. The number of carbonyl (C=O) groups excluding carboxylic acids is 1. The van der Waals surface area contributed by atoms with Crippen LogP contribution in [-0.2, 0) is 4.74 Å². The number of hydrogen-bond donors (Lipinski definition) is 1. The number of hydrogen-bond acceptors (Lipinski definition) is 5. The van der Waals surface area contributed by atoms with Crippen molar-refractivity contribution in [1.29, 1.82) is 5.26 Å². The van der Waals surface area contributed by atoms with E-state index in [1.54, 1.807) is 6.20 Å².